The smallest absolute Gasteiger partial charge is 0.414 e. The van der Waals surface area contributed by atoms with Gasteiger partial charge in [0.2, 0.25) is 5.91 Å². The number of rotatable bonds is 18. The zero-order chi connectivity index (χ0) is 36.2. The van der Waals surface area contributed by atoms with Gasteiger partial charge in [0.05, 0.1) is 49.9 Å². The molecule has 3 aromatic carbocycles. The molecule has 0 spiro atoms. The second-order valence-corrected chi connectivity index (χ2v) is 13.6. The summed E-state index contributed by atoms with van der Waals surface area (Å²) in [5, 5.41) is 14.8. The Labute approximate surface area is 296 Å². The molecule has 0 saturated carbocycles. The first kappa shape index (κ1) is 37.0. The largest absolute Gasteiger partial charge is 0.493 e. The zero-order valence-electron chi connectivity index (χ0n) is 28.5. The summed E-state index contributed by atoms with van der Waals surface area (Å²) in [7, 11) is -1.04. The maximum atomic E-state index is 13.5. The van der Waals surface area contributed by atoms with Crippen LogP contribution in [0.1, 0.15) is 55.7 Å². The average molecular weight is 724 g/mol. The molecule has 1 aliphatic heterocycles. The molecule has 0 bridgehead atoms. The number of hydrogen-bond acceptors (Lipinski definition) is 12. The molecule has 1 unspecified atom stereocenters. The highest BCUT2D eigenvalue weighted by Gasteiger charge is 2.36. The summed E-state index contributed by atoms with van der Waals surface area (Å²) in [4.78, 5) is 27.5. The standard InChI is InChI=1S/C36H41N3O11S/c1-45-31-23-26-19-20-38(30(29(26)24-32(31)46-2)25-49-27-13-7-5-8-14-27)33(40)17-18-34(41)47-21-11-3-4-12-22-48-35-36(39(42)50-37-35)51(43,44)28-15-9-6-10-16-28/h5-10,13-16,23-24,30H,3-4,11-12,17-22,25H2,1-2H3. The molecule has 272 valence electrons. The van der Waals surface area contributed by atoms with E-state index in [4.69, 9.17) is 23.7 Å². The first-order valence-electron chi connectivity index (χ1n) is 16.6. The molecule has 2 heterocycles. The van der Waals surface area contributed by atoms with E-state index < -0.39 is 32.8 Å². The average Bonchev–Trinajstić information content (AvgIpc) is 3.54. The van der Waals surface area contributed by atoms with E-state index in [0.717, 1.165) is 11.1 Å². The topological polar surface area (TPSA) is 171 Å². The van der Waals surface area contributed by atoms with Crippen molar-refractivity contribution in [3.8, 4) is 23.1 Å². The van der Waals surface area contributed by atoms with Crippen LogP contribution in [0.5, 0.6) is 23.1 Å². The summed E-state index contributed by atoms with van der Waals surface area (Å²) in [6.45, 7) is 0.975. The molecule has 0 saturated heterocycles. The maximum absolute atomic E-state index is 13.5. The van der Waals surface area contributed by atoms with E-state index in [9.17, 15) is 23.2 Å². The number of nitrogens with zero attached hydrogens (tertiary/aromatic N) is 3. The van der Waals surface area contributed by atoms with Crippen molar-refractivity contribution in [1.82, 2.24) is 10.1 Å². The number of ether oxygens (including phenoxy) is 5. The van der Waals surface area contributed by atoms with Gasteiger partial charge in [0.25, 0.3) is 9.84 Å². The van der Waals surface area contributed by atoms with Gasteiger partial charge in [-0.15, -0.1) is 0 Å². The van der Waals surface area contributed by atoms with Gasteiger partial charge in [0.15, 0.2) is 11.5 Å². The Hall–Kier alpha value is -5.31. The number of unbranched alkanes of at least 4 members (excludes halogenated alkanes) is 3. The van der Waals surface area contributed by atoms with Crippen LogP contribution in [-0.2, 0) is 30.6 Å². The number of fused-ring (bicyclic) bond motifs is 1. The molecule has 0 aliphatic carbocycles. The fourth-order valence-corrected chi connectivity index (χ4v) is 7.07. The third kappa shape index (κ3) is 9.28. The fraction of sp³-hybridized carbons (Fsp3) is 0.389. The van der Waals surface area contributed by atoms with Crippen molar-refractivity contribution in [2.45, 2.75) is 60.9 Å². The molecule has 5 rings (SSSR count). The van der Waals surface area contributed by atoms with Crippen molar-refractivity contribution in [3.63, 3.8) is 0 Å². The number of esters is 1. The SMILES string of the molecule is COc1cc2c(cc1OC)C(COc1ccccc1)N(C(=O)CCC(=O)OCCCCCCOc1no[n+]([O-])c1S(=O)(=O)c1ccccc1)CC2. The Balaban J connectivity index is 1.05. The van der Waals surface area contributed by atoms with Crippen LogP contribution in [0.2, 0.25) is 0 Å². The minimum atomic E-state index is -4.19. The molecule has 1 aromatic heterocycles. The highest BCUT2D eigenvalue weighted by Crippen LogP contribution is 2.39. The Morgan fingerprint density at radius 1 is 0.902 bits per heavy atom. The van der Waals surface area contributed by atoms with Gasteiger partial charge in [-0.1, -0.05) is 36.4 Å². The van der Waals surface area contributed by atoms with Crippen molar-refractivity contribution in [2.24, 2.45) is 0 Å². The molecular weight excluding hydrogens is 682 g/mol. The highest BCUT2D eigenvalue weighted by molar-refractivity contribution is 7.91. The monoisotopic (exact) mass is 723 g/mol. The number of sulfone groups is 1. The minimum absolute atomic E-state index is 0.00593. The summed E-state index contributed by atoms with van der Waals surface area (Å²) >= 11 is 0. The Bertz CT molecular complexity index is 1870. The minimum Gasteiger partial charge on any atom is -0.493 e. The molecule has 1 aliphatic rings. The lowest BCUT2D eigenvalue weighted by molar-refractivity contribution is -0.832. The molecule has 0 N–H and O–H groups in total. The summed E-state index contributed by atoms with van der Waals surface area (Å²) in [6, 6.07) is 20.2. The number of aromatic nitrogens is 2. The second-order valence-electron chi connectivity index (χ2n) is 11.7. The van der Waals surface area contributed by atoms with Gasteiger partial charge in [-0.2, -0.15) is 0 Å². The first-order chi connectivity index (χ1) is 24.7. The molecular formula is C36H41N3O11S. The third-order valence-electron chi connectivity index (χ3n) is 8.41. The quantitative estimate of drug-likeness (QED) is 0.0794. The van der Waals surface area contributed by atoms with Crippen LogP contribution in [0.4, 0.5) is 0 Å². The molecule has 0 radical (unpaired) electrons. The molecule has 1 atom stereocenters. The van der Waals surface area contributed by atoms with Gasteiger partial charge in [0, 0.05) is 13.0 Å². The summed E-state index contributed by atoms with van der Waals surface area (Å²) in [5.41, 5.74) is 1.95. The van der Waals surface area contributed by atoms with Gasteiger partial charge in [0.1, 0.15) is 12.4 Å². The van der Waals surface area contributed by atoms with E-state index in [2.05, 4.69) is 9.79 Å². The number of methoxy groups -OCH3 is 2. The zero-order valence-corrected chi connectivity index (χ0v) is 29.3. The van der Waals surface area contributed by atoms with E-state index >= 15 is 0 Å². The lowest BCUT2D eigenvalue weighted by atomic mass is 9.91. The molecule has 51 heavy (non-hydrogen) atoms. The molecule has 1 amide bonds. The Morgan fingerprint density at radius 2 is 1.57 bits per heavy atom. The number of carbonyl (C=O) groups is 2. The van der Waals surface area contributed by atoms with Gasteiger partial charge in [-0.05, 0) is 84.5 Å². The lowest BCUT2D eigenvalue weighted by Crippen LogP contribution is -2.42. The molecule has 4 aromatic rings. The van der Waals surface area contributed by atoms with Crippen LogP contribution in [-0.4, -0.2) is 70.9 Å². The van der Waals surface area contributed by atoms with Crippen molar-refractivity contribution in [1.29, 1.82) is 0 Å². The third-order valence-corrected chi connectivity index (χ3v) is 10.1. The van der Waals surface area contributed by atoms with Crippen molar-refractivity contribution >= 4 is 21.7 Å². The number of benzene rings is 3. The van der Waals surface area contributed by atoms with Crippen molar-refractivity contribution < 1.29 is 51.2 Å². The summed E-state index contributed by atoms with van der Waals surface area (Å²) < 4.78 is 58.2. The molecule has 14 nitrogen and oxygen atoms in total. The lowest BCUT2D eigenvalue weighted by Gasteiger charge is -2.37. The van der Waals surface area contributed by atoms with Crippen LogP contribution < -0.4 is 23.9 Å². The predicted molar refractivity (Wildman–Crippen MR) is 181 cm³/mol. The fourth-order valence-electron chi connectivity index (χ4n) is 5.78. The summed E-state index contributed by atoms with van der Waals surface area (Å²) in [6.07, 6.45) is 3.07. The van der Waals surface area contributed by atoms with Crippen LogP contribution in [0, 0.1) is 5.21 Å². The van der Waals surface area contributed by atoms with Crippen LogP contribution in [0.15, 0.2) is 87.3 Å². The Morgan fingerprint density at radius 3 is 2.27 bits per heavy atom. The molecule has 15 heteroatoms. The molecule has 0 fully saturated rings. The maximum Gasteiger partial charge on any atom is 0.414 e. The van der Waals surface area contributed by atoms with E-state index in [1.807, 2.05) is 42.5 Å². The van der Waals surface area contributed by atoms with Crippen LogP contribution in [0.3, 0.4) is 0 Å². The number of para-hydroxylation sites is 1. The normalized spacial score (nSPS) is 14.0. The van der Waals surface area contributed by atoms with E-state index in [0.29, 0.717) is 55.9 Å². The number of carbonyl (C=O) groups excluding carboxylic acids is 2. The highest BCUT2D eigenvalue weighted by atomic mass is 32.2. The number of hydrogen-bond donors (Lipinski definition) is 0. The predicted octanol–water partition coefficient (Wildman–Crippen LogP) is 4.63. The second kappa shape index (κ2) is 17.6. The van der Waals surface area contributed by atoms with Gasteiger partial charge in [-0.25, -0.2) is 8.42 Å². The Kier molecular flexibility index (Phi) is 12.7. The van der Waals surface area contributed by atoms with Gasteiger partial charge in [-0.3, -0.25) is 14.2 Å². The first-order valence-corrected chi connectivity index (χ1v) is 18.1. The van der Waals surface area contributed by atoms with Crippen molar-refractivity contribution in [2.75, 3.05) is 40.6 Å². The van der Waals surface area contributed by atoms with Gasteiger partial charge < -0.3 is 33.8 Å². The van der Waals surface area contributed by atoms with E-state index in [1.54, 1.807) is 25.2 Å². The number of amides is 1. The summed E-state index contributed by atoms with van der Waals surface area (Å²) in [5.74, 6) is 0.817. The van der Waals surface area contributed by atoms with Crippen LogP contribution >= 0.6 is 0 Å². The van der Waals surface area contributed by atoms with Crippen LogP contribution in [0.25, 0.3) is 0 Å². The van der Waals surface area contributed by atoms with Gasteiger partial charge >= 0.3 is 16.9 Å². The van der Waals surface area contributed by atoms with E-state index in [1.165, 1.54) is 24.3 Å². The van der Waals surface area contributed by atoms with Crippen molar-refractivity contribution in [3.05, 3.63) is 89.1 Å². The van der Waals surface area contributed by atoms with E-state index in [-0.39, 0.29) is 48.4 Å².